The first-order chi connectivity index (χ1) is 9.31. The van der Waals surface area contributed by atoms with Crippen LogP contribution in [0.15, 0.2) is 35.0 Å². The Kier molecular flexibility index (Phi) is 4.36. The van der Waals surface area contributed by atoms with Crippen molar-refractivity contribution < 1.29 is 0 Å². The number of rotatable bonds is 5. The summed E-state index contributed by atoms with van der Waals surface area (Å²) in [5.41, 5.74) is 0. The van der Waals surface area contributed by atoms with E-state index in [1.165, 1.54) is 29.0 Å². The molecule has 2 aromatic heterocycles. The molecule has 0 aliphatic heterocycles. The third kappa shape index (κ3) is 3.47. The average molecular weight is 291 g/mol. The van der Waals surface area contributed by atoms with Crippen LogP contribution in [-0.2, 0) is 6.42 Å². The Morgan fingerprint density at radius 3 is 2.68 bits per heavy atom. The minimum Gasteiger partial charge on any atom is -0.306 e. The van der Waals surface area contributed by atoms with Crippen molar-refractivity contribution in [3.8, 4) is 0 Å². The molecule has 0 saturated heterocycles. The highest BCUT2D eigenvalue weighted by Crippen LogP contribution is 2.30. The second-order valence-corrected chi connectivity index (χ2v) is 7.64. The van der Waals surface area contributed by atoms with Crippen molar-refractivity contribution in [1.29, 1.82) is 0 Å². The second-order valence-electron chi connectivity index (χ2n) is 5.63. The van der Waals surface area contributed by atoms with E-state index in [2.05, 4.69) is 47.3 Å². The largest absolute Gasteiger partial charge is 0.306 e. The molecule has 0 aromatic carbocycles. The van der Waals surface area contributed by atoms with Crippen molar-refractivity contribution in [2.45, 2.75) is 44.7 Å². The van der Waals surface area contributed by atoms with Gasteiger partial charge in [-0.2, -0.15) is 0 Å². The molecule has 0 spiro atoms. The molecule has 2 aromatic rings. The number of hydrogen-bond donors (Lipinski definition) is 1. The molecule has 1 aliphatic rings. The molecule has 1 saturated carbocycles. The van der Waals surface area contributed by atoms with Crippen molar-refractivity contribution in [3.05, 3.63) is 44.8 Å². The Bertz CT molecular complexity index is 475. The summed E-state index contributed by atoms with van der Waals surface area (Å²) in [6.45, 7) is 2.38. The van der Waals surface area contributed by atoms with E-state index in [-0.39, 0.29) is 0 Å². The predicted molar refractivity (Wildman–Crippen MR) is 85.0 cm³/mol. The van der Waals surface area contributed by atoms with E-state index in [1.807, 2.05) is 22.7 Å². The van der Waals surface area contributed by atoms with Gasteiger partial charge in [0.25, 0.3) is 0 Å². The summed E-state index contributed by atoms with van der Waals surface area (Å²) >= 11 is 3.75. The highest BCUT2D eigenvalue weighted by Gasteiger charge is 2.25. The van der Waals surface area contributed by atoms with E-state index in [1.54, 1.807) is 0 Å². The first kappa shape index (κ1) is 13.3. The van der Waals surface area contributed by atoms with Gasteiger partial charge in [-0.25, -0.2) is 0 Å². The van der Waals surface area contributed by atoms with Crippen LogP contribution in [0.3, 0.4) is 0 Å². The van der Waals surface area contributed by atoms with Crippen LogP contribution in [0.1, 0.15) is 42.0 Å². The smallest absolute Gasteiger partial charge is 0.0465 e. The molecule has 3 rings (SSSR count). The zero-order chi connectivity index (χ0) is 13.1. The van der Waals surface area contributed by atoms with Crippen LogP contribution in [0, 0.1) is 5.92 Å². The lowest BCUT2D eigenvalue weighted by molar-refractivity contribution is 0.433. The van der Waals surface area contributed by atoms with Crippen LogP contribution in [-0.4, -0.2) is 6.04 Å². The quantitative estimate of drug-likeness (QED) is 0.828. The standard InChI is InChI=1S/C16H21NS2/c1-12-6-7-13(10-12)17-15(16-5-3-9-19-16)11-14-4-2-8-18-14/h2-5,8-9,12-13,15,17H,6-7,10-11H2,1H3. The van der Waals surface area contributed by atoms with Gasteiger partial charge in [-0.15, -0.1) is 22.7 Å². The van der Waals surface area contributed by atoms with Crippen molar-refractivity contribution in [3.63, 3.8) is 0 Å². The van der Waals surface area contributed by atoms with Gasteiger partial charge in [-0.1, -0.05) is 19.1 Å². The van der Waals surface area contributed by atoms with Gasteiger partial charge in [-0.3, -0.25) is 0 Å². The van der Waals surface area contributed by atoms with Crippen LogP contribution in [0.2, 0.25) is 0 Å². The Labute approximate surface area is 123 Å². The van der Waals surface area contributed by atoms with Crippen LogP contribution in [0.4, 0.5) is 0 Å². The van der Waals surface area contributed by atoms with E-state index < -0.39 is 0 Å². The maximum absolute atomic E-state index is 3.90. The van der Waals surface area contributed by atoms with Gasteiger partial charge in [0.1, 0.15) is 0 Å². The molecule has 19 heavy (non-hydrogen) atoms. The normalized spacial score (nSPS) is 24.7. The Morgan fingerprint density at radius 2 is 2.05 bits per heavy atom. The highest BCUT2D eigenvalue weighted by atomic mass is 32.1. The molecule has 3 atom stereocenters. The van der Waals surface area contributed by atoms with Crippen molar-refractivity contribution in [2.24, 2.45) is 5.92 Å². The fourth-order valence-corrected chi connectivity index (χ4v) is 4.54. The van der Waals surface area contributed by atoms with Crippen LogP contribution in [0.25, 0.3) is 0 Å². The fourth-order valence-electron chi connectivity index (χ4n) is 3.00. The molecule has 1 nitrogen and oxygen atoms in total. The van der Waals surface area contributed by atoms with Gasteiger partial charge in [0.2, 0.25) is 0 Å². The summed E-state index contributed by atoms with van der Waals surface area (Å²) in [5, 5.41) is 8.27. The first-order valence-corrected chi connectivity index (χ1v) is 8.89. The molecular formula is C16H21NS2. The molecule has 0 radical (unpaired) electrons. The molecular weight excluding hydrogens is 270 g/mol. The fraction of sp³-hybridized carbons (Fsp3) is 0.500. The molecule has 1 fully saturated rings. The summed E-state index contributed by atoms with van der Waals surface area (Å²) in [5.74, 6) is 0.892. The second kappa shape index (κ2) is 6.21. The zero-order valence-corrected chi connectivity index (χ0v) is 13.0. The Hall–Kier alpha value is -0.640. The molecule has 0 bridgehead atoms. The first-order valence-electron chi connectivity index (χ1n) is 7.13. The van der Waals surface area contributed by atoms with Gasteiger partial charge in [-0.05, 0) is 48.1 Å². The maximum atomic E-state index is 3.90. The van der Waals surface area contributed by atoms with Gasteiger partial charge in [0, 0.05) is 28.3 Å². The minimum absolute atomic E-state index is 0.494. The lowest BCUT2D eigenvalue weighted by atomic mass is 10.1. The van der Waals surface area contributed by atoms with Crippen molar-refractivity contribution in [2.75, 3.05) is 0 Å². The molecule has 0 amide bonds. The van der Waals surface area contributed by atoms with Gasteiger partial charge in [0.05, 0.1) is 0 Å². The van der Waals surface area contributed by atoms with Gasteiger partial charge < -0.3 is 5.32 Å². The minimum atomic E-state index is 0.494. The topological polar surface area (TPSA) is 12.0 Å². The lowest BCUT2D eigenvalue weighted by Crippen LogP contribution is -2.31. The summed E-state index contributed by atoms with van der Waals surface area (Å²) in [6, 6.07) is 10.1. The van der Waals surface area contributed by atoms with Gasteiger partial charge >= 0.3 is 0 Å². The number of nitrogens with one attached hydrogen (secondary N) is 1. The zero-order valence-electron chi connectivity index (χ0n) is 11.3. The molecule has 102 valence electrons. The molecule has 3 unspecified atom stereocenters. The predicted octanol–water partition coefficient (Wildman–Crippen LogP) is 4.87. The van der Waals surface area contributed by atoms with Crippen LogP contribution >= 0.6 is 22.7 Å². The van der Waals surface area contributed by atoms with Crippen molar-refractivity contribution in [1.82, 2.24) is 5.32 Å². The maximum Gasteiger partial charge on any atom is 0.0465 e. The molecule has 1 aliphatic carbocycles. The van der Waals surface area contributed by atoms with Crippen LogP contribution < -0.4 is 5.32 Å². The van der Waals surface area contributed by atoms with E-state index >= 15 is 0 Å². The van der Waals surface area contributed by atoms with E-state index in [0.717, 1.165) is 12.3 Å². The third-order valence-electron chi connectivity index (χ3n) is 4.00. The number of thiophene rings is 2. The molecule has 1 N–H and O–H groups in total. The summed E-state index contributed by atoms with van der Waals surface area (Å²) in [7, 11) is 0. The molecule has 2 heterocycles. The number of hydrogen-bond acceptors (Lipinski definition) is 3. The van der Waals surface area contributed by atoms with Crippen LogP contribution in [0.5, 0.6) is 0 Å². The Balaban J connectivity index is 1.69. The van der Waals surface area contributed by atoms with Gasteiger partial charge in [0.15, 0.2) is 0 Å². The van der Waals surface area contributed by atoms with Crippen molar-refractivity contribution >= 4 is 22.7 Å². The SMILES string of the molecule is CC1CCC(NC(Cc2cccs2)c2cccs2)C1. The monoisotopic (exact) mass is 291 g/mol. The molecule has 3 heteroatoms. The summed E-state index contributed by atoms with van der Waals surface area (Å²) in [4.78, 5) is 2.96. The Morgan fingerprint density at radius 1 is 1.21 bits per heavy atom. The third-order valence-corrected chi connectivity index (χ3v) is 5.89. The summed E-state index contributed by atoms with van der Waals surface area (Å²) < 4.78 is 0. The lowest BCUT2D eigenvalue weighted by Gasteiger charge is -2.22. The summed E-state index contributed by atoms with van der Waals surface area (Å²) in [6.07, 6.45) is 5.19. The highest BCUT2D eigenvalue weighted by molar-refractivity contribution is 7.10. The van der Waals surface area contributed by atoms with E-state index in [9.17, 15) is 0 Å². The van der Waals surface area contributed by atoms with E-state index in [0.29, 0.717) is 12.1 Å². The van der Waals surface area contributed by atoms with E-state index in [4.69, 9.17) is 0 Å². The average Bonchev–Trinajstić information content (AvgIpc) is 3.10.